The fourth-order valence-corrected chi connectivity index (χ4v) is 3.92. The molecule has 6 nitrogen and oxygen atoms in total. The topological polar surface area (TPSA) is 79.7 Å². The van der Waals surface area contributed by atoms with Crippen molar-refractivity contribution < 1.29 is 22.5 Å². The minimum absolute atomic E-state index is 0.134. The lowest BCUT2D eigenvalue weighted by molar-refractivity contribution is -0.908. The zero-order valence-corrected chi connectivity index (χ0v) is 17.3. The second kappa shape index (κ2) is 9.27. The highest BCUT2D eigenvalue weighted by Crippen LogP contribution is 2.14. The summed E-state index contributed by atoms with van der Waals surface area (Å²) in [4.78, 5) is 13.5. The summed E-state index contributed by atoms with van der Waals surface area (Å²) in [6.45, 7) is 5.62. The van der Waals surface area contributed by atoms with Crippen molar-refractivity contribution in [3.8, 4) is 0 Å². The van der Waals surface area contributed by atoms with Gasteiger partial charge in [0.25, 0.3) is 5.91 Å². The molecule has 0 spiro atoms. The molecule has 0 aliphatic carbocycles. The van der Waals surface area contributed by atoms with Crippen molar-refractivity contribution in [2.75, 3.05) is 12.4 Å². The average Bonchev–Trinajstić information content (AvgIpc) is 2.62. The molecule has 2 aromatic carbocycles. The molecule has 1 unspecified atom stereocenters. The van der Waals surface area contributed by atoms with Crippen molar-refractivity contribution in [3.05, 3.63) is 59.9 Å². The van der Waals surface area contributed by atoms with Crippen LogP contribution in [0.2, 0.25) is 0 Å². The zero-order chi connectivity index (χ0) is 20.9. The van der Waals surface area contributed by atoms with E-state index in [2.05, 4.69) is 10.0 Å². The molecule has 8 heteroatoms. The van der Waals surface area contributed by atoms with Crippen LogP contribution in [0, 0.1) is 5.82 Å². The maximum absolute atomic E-state index is 13.8. The van der Waals surface area contributed by atoms with Gasteiger partial charge in [0.2, 0.25) is 10.0 Å². The molecule has 1 amide bonds. The van der Waals surface area contributed by atoms with E-state index in [1.807, 2.05) is 7.05 Å². The SMILES string of the molecule is CC(C)NS(=O)(=O)c1ccc(NC(=O)[C@H](C)[NH+](C)Cc2ccccc2F)cc1. The fraction of sp³-hybridized carbons (Fsp3) is 0.350. The number of carbonyl (C=O) groups is 1. The first-order valence-electron chi connectivity index (χ1n) is 9.09. The second-order valence-corrected chi connectivity index (χ2v) is 8.84. The maximum Gasteiger partial charge on any atom is 0.282 e. The highest BCUT2D eigenvalue weighted by atomic mass is 32.2. The van der Waals surface area contributed by atoms with Crippen LogP contribution < -0.4 is 14.9 Å². The number of hydrogen-bond donors (Lipinski definition) is 3. The third-order valence-corrected chi connectivity index (χ3v) is 6.06. The summed E-state index contributed by atoms with van der Waals surface area (Å²) in [7, 11) is -1.75. The van der Waals surface area contributed by atoms with Gasteiger partial charge in [-0.1, -0.05) is 18.2 Å². The van der Waals surface area contributed by atoms with Crippen molar-refractivity contribution in [1.82, 2.24) is 4.72 Å². The normalized spacial score (nSPS) is 13.9. The Balaban J connectivity index is 2.01. The standard InChI is InChI=1S/C20H26FN3O3S/c1-14(2)23-28(26,27)18-11-9-17(10-12-18)22-20(25)15(3)24(4)13-16-7-5-6-8-19(16)21/h5-12,14-15,23H,13H2,1-4H3,(H,22,25)/p+1/t15-/m0/s1. The van der Waals surface area contributed by atoms with Crippen LogP contribution in [0.5, 0.6) is 0 Å². The lowest BCUT2D eigenvalue weighted by Gasteiger charge is -2.21. The smallest absolute Gasteiger partial charge is 0.282 e. The molecule has 2 rings (SSSR count). The number of likely N-dealkylation sites (N-methyl/N-ethyl adjacent to an activating group) is 1. The highest BCUT2D eigenvalue weighted by molar-refractivity contribution is 7.89. The number of benzene rings is 2. The fourth-order valence-electron chi connectivity index (χ4n) is 2.67. The van der Waals surface area contributed by atoms with E-state index in [9.17, 15) is 17.6 Å². The zero-order valence-electron chi connectivity index (χ0n) is 16.5. The molecule has 152 valence electrons. The third-order valence-electron chi connectivity index (χ3n) is 4.38. The first-order valence-corrected chi connectivity index (χ1v) is 10.6. The Labute approximate surface area is 165 Å². The monoisotopic (exact) mass is 408 g/mol. The van der Waals surface area contributed by atoms with Crippen molar-refractivity contribution in [2.24, 2.45) is 0 Å². The van der Waals surface area contributed by atoms with Crippen LogP contribution in [0.25, 0.3) is 0 Å². The second-order valence-electron chi connectivity index (χ2n) is 7.13. The number of anilines is 1. The molecule has 0 saturated heterocycles. The van der Waals surface area contributed by atoms with Gasteiger partial charge in [0, 0.05) is 17.3 Å². The molecule has 2 aromatic rings. The van der Waals surface area contributed by atoms with E-state index in [1.165, 1.54) is 18.2 Å². The van der Waals surface area contributed by atoms with E-state index in [0.29, 0.717) is 17.8 Å². The van der Waals surface area contributed by atoms with E-state index in [4.69, 9.17) is 0 Å². The number of quaternary nitrogens is 1. The summed E-state index contributed by atoms with van der Waals surface area (Å²) >= 11 is 0. The summed E-state index contributed by atoms with van der Waals surface area (Å²) < 4.78 is 40.6. The molecule has 0 fully saturated rings. The number of nitrogens with one attached hydrogen (secondary N) is 3. The van der Waals surface area contributed by atoms with Gasteiger partial charge < -0.3 is 10.2 Å². The Kier molecular flexibility index (Phi) is 7.29. The predicted molar refractivity (Wildman–Crippen MR) is 107 cm³/mol. The van der Waals surface area contributed by atoms with E-state index in [1.54, 1.807) is 51.1 Å². The molecule has 28 heavy (non-hydrogen) atoms. The number of sulfonamides is 1. The number of carbonyl (C=O) groups excluding carboxylic acids is 1. The van der Waals surface area contributed by atoms with Gasteiger partial charge in [0.15, 0.2) is 6.04 Å². The van der Waals surface area contributed by atoms with Crippen molar-refractivity contribution >= 4 is 21.6 Å². The first kappa shape index (κ1) is 22.0. The van der Waals surface area contributed by atoms with Gasteiger partial charge in [-0.05, 0) is 51.1 Å². The van der Waals surface area contributed by atoms with E-state index in [0.717, 1.165) is 4.90 Å². The van der Waals surface area contributed by atoms with Gasteiger partial charge in [-0.3, -0.25) is 4.79 Å². The number of rotatable bonds is 8. The molecule has 0 saturated carbocycles. The highest BCUT2D eigenvalue weighted by Gasteiger charge is 2.23. The van der Waals surface area contributed by atoms with Crippen molar-refractivity contribution in [2.45, 2.75) is 44.3 Å². The summed E-state index contributed by atoms with van der Waals surface area (Å²) in [5.74, 6) is -0.522. The van der Waals surface area contributed by atoms with Crippen LogP contribution in [0.15, 0.2) is 53.4 Å². The number of amides is 1. The van der Waals surface area contributed by atoms with Gasteiger partial charge in [0.1, 0.15) is 12.4 Å². The van der Waals surface area contributed by atoms with Gasteiger partial charge in [-0.25, -0.2) is 17.5 Å². The Bertz CT molecular complexity index is 915. The summed E-state index contributed by atoms with van der Waals surface area (Å²) in [6.07, 6.45) is 0. The molecule has 0 radical (unpaired) electrons. The van der Waals surface area contributed by atoms with Crippen molar-refractivity contribution in [3.63, 3.8) is 0 Å². The first-order chi connectivity index (χ1) is 13.1. The van der Waals surface area contributed by atoms with E-state index < -0.39 is 16.1 Å². The predicted octanol–water partition coefficient (Wildman–Crippen LogP) is 1.55. The number of halogens is 1. The lowest BCUT2D eigenvalue weighted by atomic mass is 10.1. The quantitative estimate of drug-likeness (QED) is 0.620. The molecule has 2 atom stereocenters. The Morgan fingerprint density at radius 1 is 1.07 bits per heavy atom. The molecule has 0 aromatic heterocycles. The van der Waals surface area contributed by atoms with Crippen molar-refractivity contribution in [1.29, 1.82) is 0 Å². The molecule has 0 aliphatic rings. The minimum atomic E-state index is -3.58. The van der Waals surface area contributed by atoms with Crippen LogP contribution in [-0.4, -0.2) is 33.5 Å². The molecular formula is C20H27FN3O3S+. The molecule has 0 bridgehead atoms. The molecule has 3 N–H and O–H groups in total. The van der Waals surface area contributed by atoms with Crippen LogP contribution in [0.3, 0.4) is 0 Å². The maximum atomic E-state index is 13.8. The van der Waals surface area contributed by atoms with Crippen LogP contribution in [0.4, 0.5) is 10.1 Å². The average molecular weight is 409 g/mol. The summed E-state index contributed by atoms with van der Waals surface area (Å²) in [6, 6.07) is 11.8. The summed E-state index contributed by atoms with van der Waals surface area (Å²) in [5, 5.41) is 2.77. The summed E-state index contributed by atoms with van der Waals surface area (Å²) in [5.41, 5.74) is 1.05. The third kappa shape index (κ3) is 5.85. The van der Waals surface area contributed by atoms with Gasteiger partial charge in [-0.15, -0.1) is 0 Å². The van der Waals surface area contributed by atoms with Crippen LogP contribution in [-0.2, 0) is 21.4 Å². The van der Waals surface area contributed by atoms with Gasteiger partial charge in [0.05, 0.1) is 11.9 Å². The van der Waals surface area contributed by atoms with E-state index >= 15 is 0 Å². The molecular weight excluding hydrogens is 381 g/mol. The number of hydrogen-bond acceptors (Lipinski definition) is 3. The molecule has 0 aliphatic heterocycles. The Morgan fingerprint density at radius 2 is 1.68 bits per heavy atom. The van der Waals surface area contributed by atoms with Crippen LogP contribution in [0.1, 0.15) is 26.3 Å². The van der Waals surface area contributed by atoms with Gasteiger partial charge in [-0.2, -0.15) is 0 Å². The lowest BCUT2D eigenvalue weighted by Crippen LogP contribution is -3.12. The Morgan fingerprint density at radius 3 is 2.25 bits per heavy atom. The van der Waals surface area contributed by atoms with E-state index in [-0.39, 0.29) is 22.7 Å². The largest absolute Gasteiger partial charge is 0.324 e. The minimum Gasteiger partial charge on any atom is -0.324 e. The molecule has 0 heterocycles. The Hall–Kier alpha value is -2.29. The van der Waals surface area contributed by atoms with Crippen LogP contribution >= 0.6 is 0 Å². The van der Waals surface area contributed by atoms with Gasteiger partial charge >= 0.3 is 0 Å².